The summed E-state index contributed by atoms with van der Waals surface area (Å²) in [5.74, 6) is 0.119. The number of carbonyl (C=O) groups is 1. The van der Waals surface area contributed by atoms with Gasteiger partial charge < -0.3 is 10.2 Å². The Kier molecular flexibility index (Phi) is 4.39. The normalized spacial score (nSPS) is 22.4. The lowest BCUT2D eigenvalue weighted by molar-refractivity contribution is 0.0848. The van der Waals surface area contributed by atoms with Gasteiger partial charge in [0.2, 0.25) is 5.96 Å². The number of nitrogens with zero attached hydrogens (tertiary/aromatic N) is 2. The molecular weight excluding hydrogens is 252 g/mol. The van der Waals surface area contributed by atoms with Crippen LogP contribution in [0.15, 0.2) is 30.3 Å². The molecule has 0 aromatic heterocycles. The predicted molar refractivity (Wildman–Crippen MR) is 79.9 cm³/mol. The fourth-order valence-corrected chi connectivity index (χ4v) is 2.58. The maximum atomic E-state index is 12.3. The van der Waals surface area contributed by atoms with Gasteiger partial charge >= 0.3 is 0 Å². The Morgan fingerprint density at radius 2 is 1.80 bits per heavy atom. The van der Waals surface area contributed by atoms with Gasteiger partial charge in [0.25, 0.3) is 5.91 Å². The minimum Gasteiger partial charge on any atom is -0.340 e. The number of hydrogen-bond acceptors (Lipinski definition) is 3. The summed E-state index contributed by atoms with van der Waals surface area (Å²) in [6, 6.07) is 9.73. The lowest BCUT2D eigenvalue weighted by Crippen LogP contribution is -2.58. The molecule has 1 fully saturated rings. The molecule has 108 valence electrons. The Bertz CT molecular complexity index is 478. The van der Waals surface area contributed by atoms with Gasteiger partial charge in [-0.05, 0) is 26.0 Å². The van der Waals surface area contributed by atoms with E-state index < -0.39 is 0 Å². The summed E-state index contributed by atoms with van der Waals surface area (Å²) >= 11 is 0. The van der Waals surface area contributed by atoms with E-state index in [1.807, 2.05) is 23.1 Å². The Hall–Kier alpha value is -1.88. The highest BCUT2D eigenvalue weighted by Gasteiger charge is 2.26. The zero-order valence-electron chi connectivity index (χ0n) is 12.3. The van der Waals surface area contributed by atoms with Crippen LogP contribution in [0.1, 0.15) is 24.2 Å². The van der Waals surface area contributed by atoms with Crippen molar-refractivity contribution in [3.8, 4) is 0 Å². The number of benzene rings is 1. The average Bonchev–Trinajstić information content (AvgIpc) is 2.45. The van der Waals surface area contributed by atoms with Gasteiger partial charge in [-0.2, -0.15) is 0 Å². The van der Waals surface area contributed by atoms with Crippen LogP contribution in [0.5, 0.6) is 0 Å². The lowest BCUT2D eigenvalue weighted by Gasteiger charge is -2.39. The van der Waals surface area contributed by atoms with Crippen molar-refractivity contribution in [2.75, 3.05) is 20.1 Å². The second kappa shape index (κ2) is 6.05. The van der Waals surface area contributed by atoms with Crippen LogP contribution in [-0.2, 0) is 0 Å². The zero-order valence-corrected chi connectivity index (χ0v) is 12.3. The highest BCUT2D eigenvalue weighted by molar-refractivity contribution is 6.04. The molecule has 20 heavy (non-hydrogen) atoms. The van der Waals surface area contributed by atoms with Gasteiger partial charge in [0, 0.05) is 37.8 Å². The first kappa shape index (κ1) is 14.5. The minimum atomic E-state index is -0.144. The van der Waals surface area contributed by atoms with Crippen molar-refractivity contribution < 1.29 is 4.79 Å². The van der Waals surface area contributed by atoms with Gasteiger partial charge in [0.1, 0.15) is 0 Å². The molecule has 2 N–H and O–H groups in total. The monoisotopic (exact) mass is 274 g/mol. The Morgan fingerprint density at radius 3 is 2.35 bits per heavy atom. The Labute approximate surface area is 120 Å². The van der Waals surface area contributed by atoms with Crippen molar-refractivity contribution in [2.45, 2.75) is 25.9 Å². The van der Waals surface area contributed by atoms with Gasteiger partial charge in [-0.15, -0.1) is 0 Å². The SMILES string of the molecule is CC1CN(C(=N)N(C)C(=O)c2ccccc2)CC(C)N1. The molecule has 1 heterocycles. The molecule has 2 rings (SSSR count). The third-order valence-electron chi connectivity index (χ3n) is 3.50. The second-order valence-corrected chi connectivity index (χ2v) is 5.43. The summed E-state index contributed by atoms with van der Waals surface area (Å²) in [5, 5.41) is 11.7. The lowest BCUT2D eigenvalue weighted by atomic mass is 10.1. The molecule has 1 amide bonds. The van der Waals surface area contributed by atoms with Crippen LogP contribution in [-0.4, -0.2) is 53.9 Å². The van der Waals surface area contributed by atoms with E-state index >= 15 is 0 Å². The van der Waals surface area contributed by atoms with Crippen LogP contribution in [0.4, 0.5) is 0 Å². The molecule has 0 spiro atoms. The summed E-state index contributed by atoms with van der Waals surface area (Å²) in [5.41, 5.74) is 0.607. The fraction of sp³-hybridized carbons (Fsp3) is 0.467. The first-order valence-electron chi connectivity index (χ1n) is 6.91. The van der Waals surface area contributed by atoms with E-state index in [9.17, 15) is 4.79 Å². The van der Waals surface area contributed by atoms with Gasteiger partial charge in [-0.1, -0.05) is 18.2 Å². The number of piperazine rings is 1. The average molecular weight is 274 g/mol. The fourth-order valence-electron chi connectivity index (χ4n) is 2.58. The highest BCUT2D eigenvalue weighted by atomic mass is 16.2. The largest absolute Gasteiger partial charge is 0.340 e. The van der Waals surface area contributed by atoms with E-state index in [-0.39, 0.29) is 11.9 Å². The first-order valence-corrected chi connectivity index (χ1v) is 6.91. The van der Waals surface area contributed by atoms with Crippen LogP contribution in [0, 0.1) is 5.41 Å². The number of amides is 1. The molecule has 0 bridgehead atoms. The van der Waals surface area contributed by atoms with E-state index in [1.165, 1.54) is 4.90 Å². The molecule has 1 aromatic rings. The summed E-state index contributed by atoms with van der Waals surface area (Å²) < 4.78 is 0. The quantitative estimate of drug-likeness (QED) is 0.601. The third kappa shape index (κ3) is 3.17. The number of hydrogen-bond donors (Lipinski definition) is 2. The van der Waals surface area contributed by atoms with Crippen molar-refractivity contribution in [1.29, 1.82) is 5.41 Å². The number of guanidine groups is 1. The van der Waals surface area contributed by atoms with Crippen LogP contribution < -0.4 is 5.32 Å². The summed E-state index contributed by atoms with van der Waals surface area (Å²) in [6.45, 7) is 5.68. The molecule has 1 aromatic carbocycles. The summed E-state index contributed by atoms with van der Waals surface area (Å²) in [7, 11) is 1.66. The molecule has 5 heteroatoms. The minimum absolute atomic E-state index is 0.144. The van der Waals surface area contributed by atoms with Crippen molar-refractivity contribution in [3.63, 3.8) is 0 Å². The standard InChI is InChI=1S/C15H22N4O/c1-11-9-19(10-12(2)17-11)15(16)18(3)14(20)13-7-5-4-6-8-13/h4-8,11-12,16-17H,9-10H2,1-3H3. The van der Waals surface area contributed by atoms with E-state index in [0.717, 1.165) is 13.1 Å². The van der Waals surface area contributed by atoms with Crippen LogP contribution in [0.3, 0.4) is 0 Å². The zero-order chi connectivity index (χ0) is 14.7. The molecule has 0 saturated carbocycles. The predicted octanol–water partition coefficient (Wildman–Crippen LogP) is 1.38. The van der Waals surface area contributed by atoms with Gasteiger partial charge in [-0.3, -0.25) is 15.1 Å². The molecule has 1 aliphatic heterocycles. The Morgan fingerprint density at radius 1 is 1.25 bits per heavy atom. The smallest absolute Gasteiger partial charge is 0.260 e. The van der Waals surface area contributed by atoms with Crippen LogP contribution in [0.25, 0.3) is 0 Å². The molecule has 0 radical (unpaired) electrons. The van der Waals surface area contributed by atoms with Crippen molar-refractivity contribution in [3.05, 3.63) is 35.9 Å². The topological polar surface area (TPSA) is 59.4 Å². The number of carbonyl (C=O) groups excluding carboxylic acids is 1. The molecule has 2 atom stereocenters. The van der Waals surface area contributed by atoms with Crippen molar-refractivity contribution >= 4 is 11.9 Å². The van der Waals surface area contributed by atoms with E-state index in [2.05, 4.69) is 19.2 Å². The van der Waals surface area contributed by atoms with Gasteiger partial charge in [0.15, 0.2) is 0 Å². The van der Waals surface area contributed by atoms with E-state index in [1.54, 1.807) is 19.2 Å². The third-order valence-corrected chi connectivity index (χ3v) is 3.50. The van der Waals surface area contributed by atoms with Gasteiger partial charge in [0.05, 0.1) is 0 Å². The number of nitrogens with one attached hydrogen (secondary N) is 2. The molecule has 5 nitrogen and oxygen atoms in total. The molecule has 1 saturated heterocycles. The summed E-state index contributed by atoms with van der Waals surface area (Å²) in [6.07, 6.45) is 0. The molecular formula is C15H22N4O. The maximum absolute atomic E-state index is 12.3. The number of rotatable bonds is 1. The summed E-state index contributed by atoms with van der Waals surface area (Å²) in [4.78, 5) is 15.7. The molecule has 0 aliphatic carbocycles. The Balaban J connectivity index is 2.07. The molecule has 1 aliphatic rings. The van der Waals surface area contributed by atoms with Crippen LogP contribution in [0.2, 0.25) is 0 Å². The second-order valence-electron chi connectivity index (χ2n) is 5.43. The van der Waals surface area contributed by atoms with E-state index in [4.69, 9.17) is 5.41 Å². The molecule has 2 unspecified atom stereocenters. The van der Waals surface area contributed by atoms with E-state index in [0.29, 0.717) is 17.6 Å². The van der Waals surface area contributed by atoms with Crippen molar-refractivity contribution in [1.82, 2.24) is 15.1 Å². The maximum Gasteiger partial charge on any atom is 0.260 e. The van der Waals surface area contributed by atoms with Gasteiger partial charge in [-0.25, -0.2) is 0 Å². The first-order chi connectivity index (χ1) is 9.49. The van der Waals surface area contributed by atoms with Crippen LogP contribution >= 0.6 is 0 Å². The highest BCUT2D eigenvalue weighted by Crippen LogP contribution is 2.09. The van der Waals surface area contributed by atoms with Crippen molar-refractivity contribution in [2.24, 2.45) is 0 Å².